The maximum absolute atomic E-state index is 5.73. The molecule has 1 unspecified atom stereocenters. The van der Waals surface area contributed by atoms with Crippen molar-refractivity contribution in [1.82, 2.24) is 5.43 Å². The number of benzene rings is 1. The van der Waals surface area contributed by atoms with Crippen molar-refractivity contribution in [2.75, 3.05) is 14.2 Å². The quantitative estimate of drug-likeness (QED) is 0.636. The van der Waals surface area contributed by atoms with E-state index in [1.165, 1.54) is 5.56 Å². The van der Waals surface area contributed by atoms with Gasteiger partial charge in [-0.3, -0.25) is 5.84 Å². The molecule has 1 atom stereocenters. The van der Waals surface area contributed by atoms with Gasteiger partial charge in [0.1, 0.15) is 0 Å². The molecule has 0 saturated heterocycles. The highest BCUT2D eigenvalue weighted by molar-refractivity contribution is 9.11. The summed E-state index contributed by atoms with van der Waals surface area (Å²) in [6.45, 7) is 2.06. The lowest BCUT2D eigenvalue weighted by molar-refractivity contribution is 0.354. The summed E-state index contributed by atoms with van der Waals surface area (Å²) in [5.74, 6) is 7.12. The van der Waals surface area contributed by atoms with Gasteiger partial charge in [0.25, 0.3) is 0 Å². The van der Waals surface area contributed by atoms with Crippen LogP contribution in [-0.2, 0) is 0 Å². The monoisotopic (exact) mass is 356 g/mol. The van der Waals surface area contributed by atoms with Gasteiger partial charge in [0.2, 0.25) is 0 Å². The minimum atomic E-state index is -0.0789. The minimum Gasteiger partial charge on any atom is -0.493 e. The van der Waals surface area contributed by atoms with Crippen molar-refractivity contribution in [1.29, 1.82) is 0 Å². The Morgan fingerprint density at radius 1 is 1.20 bits per heavy atom. The fourth-order valence-electron chi connectivity index (χ4n) is 2.00. The summed E-state index contributed by atoms with van der Waals surface area (Å²) in [7, 11) is 3.24. The highest BCUT2D eigenvalue weighted by Gasteiger charge is 2.18. The summed E-state index contributed by atoms with van der Waals surface area (Å²) < 4.78 is 11.7. The second-order valence-electron chi connectivity index (χ2n) is 4.32. The van der Waals surface area contributed by atoms with Gasteiger partial charge >= 0.3 is 0 Å². The Kier molecular flexibility index (Phi) is 5.04. The molecule has 2 aromatic rings. The summed E-state index contributed by atoms with van der Waals surface area (Å²) in [4.78, 5) is 1.14. The third kappa shape index (κ3) is 2.98. The first kappa shape index (κ1) is 15.3. The van der Waals surface area contributed by atoms with Crippen LogP contribution >= 0.6 is 27.3 Å². The van der Waals surface area contributed by atoms with E-state index >= 15 is 0 Å². The topological polar surface area (TPSA) is 56.5 Å². The normalized spacial score (nSPS) is 12.2. The van der Waals surface area contributed by atoms with Gasteiger partial charge in [-0.1, -0.05) is 6.07 Å². The van der Waals surface area contributed by atoms with Crippen LogP contribution in [0.5, 0.6) is 11.5 Å². The first-order valence-electron chi connectivity index (χ1n) is 6.04. The van der Waals surface area contributed by atoms with Crippen molar-refractivity contribution in [2.45, 2.75) is 13.0 Å². The maximum Gasteiger partial charge on any atom is 0.161 e. The first-order valence-corrected chi connectivity index (χ1v) is 7.65. The van der Waals surface area contributed by atoms with E-state index in [1.54, 1.807) is 25.6 Å². The summed E-state index contributed by atoms with van der Waals surface area (Å²) in [5.41, 5.74) is 5.08. The molecule has 0 aliphatic carbocycles. The summed E-state index contributed by atoms with van der Waals surface area (Å²) >= 11 is 5.21. The predicted molar refractivity (Wildman–Crippen MR) is 85.5 cm³/mol. The lowest BCUT2D eigenvalue weighted by Crippen LogP contribution is -2.28. The van der Waals surface area contributed by atoms with E-state index in [2.05, 4.69) is 34.3 Å². The average molecular weight is 357 g/mol. The Bertz CT molecular complexity index is 581. The zero-order valence-electron chi connectivity index (χ0n) is 11.6. The number of halogens is 1. The Hall–Kier alpha value is -1.08. The van der Waals surface area contributed by atoms with Gasteiger partial charge in [-0.2, -0.15) is 0 Å². The third-order valence-corrected chi connectivity index (χ3v) is 5.27. The lowest BCUT2D eigenvalue weighted by Gasteiger charge is -2.17. The Labute approximate surface area is 131 Å². The van der Waals surface area contributed by atoms with Gasteiger partial charge in [0, 0.05) is 4.88 Å². The molecule has 3 N–H and O–H groups in total. The number of hydrogen-bond acceptors (Lipinski definition) is 5. The molecule has 4 nitrogen and oxygen atoms in total. The minimum absolute atomic E-state index is 0.0789. The standard InChI is InChI=1S/C14H17BrN2O2S/c1-8-6-12(20-14(8)15)13(17-16)9-4-5-10(18-2)11(7-9)19-3/h4-7,13,17H,16H2,1-3H3. The zero-order valence-corrected chi connectivity index (χ0v) is 14.0. The van der Waals surface area contributed by atoms with Crippen LogP contribution in [0, 0.1) is 6.92 Å². The molecule has 0 fully saturated rings. The number of nitrogens with two attached hydrogens (primary N) is 1. The summed E-state index contributed by atoms with van der Waals surface area (Å²) in [6.07, 6.45) is 0. The molecule has 6 heteroatoms. The smallest absolute Gasteiger partial charge is 0.161 e. The van der Waals surface area contributed by atoms with Crippen LogP contribution in [0.2, 0.25) is 0 Å². The van der Waals surface area contributed by atoms with Gasteiger partial charge in [0.05, 0.1) is 24.0 Å². The highest BCUT2D eigenvalue weighted by atomic mass is 79.9. The van der Waals surface area contributed by atoms with Crippen LogP contribution in [0.3, 0.4) is 0 Å². The molecule has 0 bridgehead atoms. The fraction of sp³-hybridized carbons (Fsp3) is 0.286. The zero-order chi connectivity index (χ0) is 14.7. The highest BCUT2D eigenvalue weighted by Crippen LogP contribution is 2.36. The molecule has 1 aromatic heterocycles. The third-order valence-electron chi connectivity index (χ3n) is 3.07. The Morgan fingerprint density at radius 2 is 1.90 bits per heavy atom. The molecule has 0 aliphatic heterocycles. The number of rotatable bonds is 5. The van der Waals surface area contributed by atoms with Crippen LogP contribution < -0.4 is 20.7 Å². The molecule has 1 heterocycles. The molecule has 0 spiro atoms. The van der Waals surface area contributed by atoms with Gasteiger partial charge in [-0.25, -0.2) is 5.43 Å². The van der Waals surface area contributed by atoms with Crippen LogP contribution in [0.4, 0.5) is 0 Å². The number of nitrogens with one attached hydrogen (secondary N) is 1. The van der Waals surface area contributed by atoms with Gasteiger partial charge < -0.3 is 9.47 Å². The number of ether oxygens (including phenoxy) is 2. The Balaban J connectivity index is 2.41. The first-order chi connectivity index (χ1) is 9.60. The van der Waals surface area contributed by atoms with Gasteiger partial charge in [-0.15, -0.1) is 11.3 Å². The second-order valence-corrected chi connectivity index (χ2v) is 6.72. The summed E-state index contributed by atoms with van der Waals surface area (Å²) in [6, 6.07) is 7.84. The molecular weight excluding hydrogens is 340 g/mol. The van der Waals surface area contributed by atoms with Gasteiger partial charge in [-0.05, 0) is 52.2 Å². The second kappa shape index (κ2) is 6.58. The van der Waals surface area contributed by atoms with Crippen LogP contribution in [0.25, 0.3) is 0 Å². The van der Waals surface area contributed by atoms with E-state index in [0.29, 0.717) is 11.5 Å². The van der Waals surface area contributed by atoms with E-state index < -0.39 is 0 Å². The predicted octanol–water partition coefficient (Wildman–Crippen LogP) is 3.39. The average Bonchev–Trinajstić information content (AvgIpc) is 2.79. The maximum atomic E-state index is 5.73. The van der Waals surface area contributed by atoms with E-state index in [9.17, 15) is 0 Å². The van der Waals surface area contributed by atoms with Crippen LogP contribution in [0.1, 0.15) is 22.0 Å². The van der Waals surface area contributed by atoms with Crippen molar-refractivity contribution in [3.8, 4) is 11.5 Å². The van der Waals surface area contributed by atoms with Crippen molar-refractivity contribution >= 4 is 27.3 Å². The van der Waals surface area contributed by atoms with Crippen LogP contribution in [0.15, 0.2) is 28.1 Å². The number of thiophene rings is 1. The van der Waals surface area contributed by atoms with Crippen LogP contribution in [-0.4, -0.2) is 14.2 Å². The van der Waals surface area contributed by atoms with Crippen molar-refractivity contribution in [3.05, 3.63) is 44.1 Å². The number of hydrogen-bond donors (Lipinski definition) is 2. The molecule has 108 valence electrons. The van der Waals surface area contributed by atoms with Crippen molar-refractivity contribution < 1.29 is 9.47 Å². The van der Waals surface area contributed by atoms with E-state index in [-0.39, 0.29) is 6.04 Å². The Morgan fingerprint density at radius 3 is 2.40 bits per heavy atom. The molecule has 20 heavy (non-hydrogen) atoms. The van der Waals surface area contributed by atoms with Crippen molar-refractivity contribution in [3.63, 3.8) is 0 Å². The van der Waals surface area contributed by atoms with Crippen molar-refractivity contribution in [2.24, 2.45) is 5.84 Å². The molecule has 0 amide bonds. The number of hydrazine groups is 1. The van der Waals surface area contributed by atoms with E-state index in [4.69, 9.17) is 15.3 Å². The number of methoxy groups -OCH3 is 2. The molecule has 0 saturated carbocycles. The fourth-order valence-corrected chi connectivity index (χ4v) is 3.66. The van der Waals surface area contributed by atoms with E-state index in [0.717, 1.165) is 14.2 Å². The van der Waals surface area contributed by atoms with E-state index in [1.807, 2.05) is 18.2 Å². The number of aryl methyl sites for hydroxylation is 1. The summed E-state index contributed by atoms with van der Waals surface area (Å²) in [5, 5.41) is 0. The molecular formula is C14H17BrN2O2S. The largest absolute Gasteiger partial charge is 0.493 e. The SMILES string of the molecule is COc1ccc(C(NN)c2cc(C)c(Br)s2)cc1OC. The molecule has 0 aliphatic rings. The molecule has 1 aromatic carbocycles. The lowest BCUT2D eigenvalue weighted by atomic mass is 10.0. The molecule has 2 rings (SSSR count). The molecule has 0 radical (unpaired) electrons. The van der Waals surface area contributed by atoms with Gasteiger partial charge in [0.15, 0.2) is 11.5 Å².